The Morgan fingerprint density at radius 1 is 1.00 bits per heavy atom. The van der Waals surface area contributed by atoms with Crippen LogP contribution in [0.2, 0.25) is 5.02 Å². The number of anilines is 2. The number of rotatable bonds is 10. The third kappa shape index (κ3) is 7.53. The standard InChI is InChI=1S/C36H45ClN4O5/c1-7-24(2)45-33-22-31-27(20-32(33)44-6)21-34(42)41(35(31)26-8-10-28(37)11-9-26)30-14-12-29(13-15-30)39(5)23-25-16-18-40(19-17-25)46-36(43)38(3)4/h8-15,20,22,24-25,35H,7,16-19,21,23H2,1-6H3/t24-,35?/m1/s1. The summed E-state index contributed by atoms with van der Waals surface area (Å²) in [6.07, 6.45) is 2.67. The molecule has 0 radical (unpaired) electrons. The smallest absolute Gasteiger partial charge is 0.428 e. The number of carbonyl (C=O) groups is 2. The molecule has 2 aliphatic rings. The highest BCUT2D eigenvalue weighted by Crippen LogP contribution is 2.44. The molecule has 0 aliphatic carbocycles. The normalized spacial score (nSPS) is 17.7. The molecule has 3 aromatic carbocycles. The Labute approximate surface area is 277 Å². The van der Waals surface area contributed by atoms with Gasteiger partial charge >= 0.3 is 6.09 Å². The van der Waals surface area contributed by atoms with Crippen LogP contribution in [0.5, 0.6) is 11.5 Å². The Morgan fingerprint density at radius 2 is 1.67 bits per heavy atom. The molecule has 1 saturated heterocycles. The van der Waals surface area contributed by atoms with Crippen LogP contribution in [-0.2, 0) is 16.1 Å². The van der Waals surface area contributed by atoms with Crippen molar-refractivity contribution in [1.29, 1.82) is 0 Å². The van der Waals surface area contributed by atoms with E-state index in [0.29, 0.717) is 22.4 Å². The van der Waals surface area contributed by atoms with Gasteiger partial charge in [0, 0.05) is 57.2 Å². The summed E-state index contributed by atoms with van der Waals surface area (Å²) in [5.41, 5.74) is 4.79. The SMILES string of the molecule is CC[C@@H](C)Oc1cc2c(cc1OC)CC(=O)N(c1ccc(N(C)CC3CCN(OC(=O)N(C)C)CC3)cc1)C2c1ccc(Cl)cc1. The lowest BCUT2D eigenvalue weighted by atomic mass is 9.86. The van der Waals surface area contributed by atoms with Gasteiger partial charge < -0.3 is 29.0 Å². The van der Waals surface area contributed by atoms with Gasteiger partial charge in [-0.1, -0.05) is 30.7 Å². The molecule has 10 heteroatoms. The molecule has 0 aromatic heterocycles. The molecule has 46 heavy (non-hydrogen) atoms. The Balaban J connectivity index is 1.38. The van der Waals surface area contributed by atoms with E-state index >= 15 is 0 Å². The van der Waals surface area contributed by atoms with Gasteiger partial charge in [0.05, 0.1) is 25.7 Å². The first-order valence-corrected chi connectivity index (χ1v) is 16.4. The van der Waals surface area contributed by atoms with Gasteiger partial charge in [0.1, 0.15) is 0 Å². The van der Waals surface area contributed by atoms with Crippen LogP contribution < -0.4 is 19.3 Å². The third-order valence-electron chi connectivity index (χ3n) is 8.92. The van der Waals surface area contributed by atoms with Crippen LogP contribution in [0, 0.1) is 5.92 Å². The zero-order valence-corrected chi connectivity index (χ0v) is 28.4. The topological polar surface area (TPSA) is 74.8 Å². The largest absolute Gasteiger partial charge is 0.493 e. The van der Waals surface area contributed by atoms with E-state index in [9.17, 15) is 9.59 Å². The van der Waals surface area contributed by atoms with E-state index in [-0.39, 0.29) is 30.6 Å². The molecule has 0 bridgehead atoms. The molecule has 1 fully saturated rings. The summed E-state index contributed by atoms with van der Waals surface area (Å²) < 4.78 is 12.0. The van der Waals surface area contributed by atoms with Gasteiger partial charge in [-0.25, -0.2) is 4.79 Å². The van der Waals surface area contributed by atoms with Crippen LogP contribution in [0.1, 0.15) is 55.8 Å². The number of hydroxylamine groups is 2. The van der Waals surface area contributed by atoms with Gasteiger partial charge in [0.25, 0.3) is 0 Å². The van der Waals surface area contributed by atoms with Crippen LogP contribution in [-0.4, -0.2) is 76.0 Å². The number of carbonyl (C=O) groups excluding carboxylic acids is 2. The van der Waals surface area contributed by atoms with Crippen molar-refractivity contribution in [3.05, 3.63) is 82.4 Å². The van der Waals surface area contributed by atoms with Gasteiger partial charge in [-0.15, -0.1) is 5.06 Å². The van der Waals surface area contributed by atoms with Crippen molar-refractivity contribution in [1.82, 2.24) is 9.96 Å². The van der Waals surface area contributed by atoms with Gasteiger partial charge in [-0.3, -0.25) is 4.79 Å². The van der Waals surface area contributed by atoms with Crippen molar-refractivity contribution in [3.8, 4) is 11.5 Å². The molecule has 2 atom stereocenters. The fourth-order valence-corrected chi connectivity index (χ4v) is 6.24. The molecule has 9 nitrogen and oxygen atoms in total. The summed E-state index contributed by atoms with van der Waals surface area (Å²) in [6, 6.07) is 19.5. The number of amides is 2. The van der Waals surface area contributed by atoms with E-state index in [1.54, 1.807) is 26.3 Å². The van der Waals surface area contributed by atoms with Gasteiger partial charge in [0.2, 0.25) is 5.91 Å². The van der Waals surface area contributed by atoms with Crippen molar-refractivity contribution < 1.29 is 23.9 Å². The average molecular weight is 649 g/mol. The Hall–Kier alpha value is -3.95. The van der Waals surface area contributed by atoms with Crippen LogP contribution >= 0.6 is 11.6 Å². The van der Waals surface area contributed by atoms with E-state index in [2.05, 4.69) is 31.0 Å². The molecule has 2 aliphatic heterocycles. The number of hydrogen-bond acceptors (Lipinski definition) is 7. The van der Waals surface area contributed by atoms with E-state index < -0.39 is 0 Å². The van der Waals surface area contributed by atoms with Crippen molar-refractivity contribution in [3.63, 3.8) is 0 Å². The summed E-state index contributed by atoms with van der Waals surface area (Å²) in [6.45, 7) is 6.45. The van der Waals surface area contributed by atoms with Gasteiger partial charge in [-0.05, 0) is 97.3 Å². The minimum absolute atomic E-state index is 0.00734. The third-order valence-corrected chi connectivity index (χ3v) is 9.18. The van der Waals surface area contributed by atoms with E-state index in [4.69, 9.17) is 25.9 Å². The van der Waals surface area contributed by atoms with Crippen molar-refractivity contribution in [2.24, 2.45) is 5.92 Å². The highest BCUT2D eigenvalue weighted by Gasteiger charge is 2.36. The Kier molecular flexibility index (Phi) is 10.6. The lowest BCUT2D eigenvalue weighted by molar-refractivity contribution is -0.125. The van der Waals surface area contributed by atoms with Crippen LogP contribution in [0.15, 0.2) is 60.7 Å². The van der Waals surface area contributed by atoms with Crippen molar-refractivity contribution >= 4 is 35.0 Å². The second kappa shape index (κ2) is 14.6. The highest BCUT2D eigenvalue weighted by molar-refractivity contribution is 6.30. The number of methoxy groups -OCH3 is 1. The number of piperidine rings is 1. The molecule has 0 N–H and O–H groups in total. The molecule has 0 spiro atoms. The minimum Gasteiger partial charge on any atom is -0.493 e. The monoisotopic (exact) mass is 648 g/mol. The van der Waals surface area contributed by atoms with Crippen molar-refractivity contribution in [2.75, 3.05) is 57.7 Å². The zero-order chi connectivity index (χ0) is 33.0. The lowest BCUT2D eigenvalue weighted by Crippen LogP contribution is -2.41. The zero-order valence-electron chi connectivity index (χ0n) is 27.7. The number of ether oxygens (including phenoxy) is 2. The second-order valence-corrected chi connectivity index (χ2v) is 12.9. The predicted molar refractivity (Wildman–Crippen MR) is 182 cm³/mol. The lowest BCUT2D eigenvalue weighted by Gasteiger charge is -2.38. The first kappa shape index (κ1) is 33.4. The fraction of sp³-hybridized carbons (Fsp3) is 0.444. The number of nitrogens with zero attached hydrogens (tertiary/aromatic N) is 4. The molecule has 0 saturated carbocycles. The van der Waals surface area contributed by atoms with Crippen LogP contribution in [0.25, 0.3) is 0 Å². The van der Waals surface area contributed by atoms with E-state index in [0.717, 1.165) is 67.0 Å². The molecular formula is C36H45ClN4O5. The fourth-order valence-electron chi connectivity index (χ4n) is 6.11. The maximum absolute atomic E-state index is 13.9. The number of benzene rings is 3. The molecule has 3 aromatic rings. The van der Waals surface area contributed by atoms with Crippen molar-refractivity contribution in [2.45, 2.75) is 51.7 Å². The first-order valence-electron chi connectivity index (χ1n) is 16.0. The molecule has 1 unspecified atom stereocenters. The van der Waals surface area contributed by atoms with Crippen LogP contribution in [0.3, 0.4) is 0 Å². The first-order chi connectivity index (χ1) is 22.1. The van der Waals surface area contributed by atoms with E-state index in [1.807, 2.05) is 60.4 Å². The quantitative estimate of drug-likeness (QED) is 0.235. The molecule has 5 rings (SSSR count). The average Bonchev–Trinajstić information content (AvgIpc) is 3.05. The van der Waals surface area contributed by atoms with E-state index in [1.165, 1.54) is 4.90 Å². The van der Waals surface area contributed by atoms with Gasteiger partial charge in [-0.2, -0.15) is 0 Å². The summed E-state index contributed by atoms with van der Waals surface area (Å²) in [4.78, 5) is 36.8. The summed E-state index contributed by atoms with van der Waals surface area (Å²) in [5, 5.41) is 2.40. The number of fused-ring (bicyclic) bond motifs is 1. The summed E-state index contributed by atoms with van der Waals surface area (Å²) in [5.74, 6) is 1.79. The molecular weight excluding hydrogens is 604 g/mol. The molecule has 2 heterocycles. The number of hydrogen-bond donors (Lipinski definition) is 0. The predicted octanol–water partition coefficient (Wildman–Crippen LogP) is 6.97. The Morgan fingerprint density at radius 3 is 2.28 bits per heavy atom. The molecule has 246 valence electrons. The van der Waals surface area contributed by atoms with Gasteiger partial charge in [0.15, 0.2) is 11.5 Å². The Bertz CT molecular complexity index is 1510. The summed E-state index contributed by atoms with van der Waals surface area (Å²) in [7, 11) is 7.09. The molecule has 2 amide bonds. The number of halogens is 1. The van der Waals surface area contributed by atoms with Crippen LogP contribution in [0.4, 0.5) is 16.2 Å². The second-order valence-electron chi connectivity index (χ2n) is 12.5. The highest BCUT2D eigenvalue weighted by atomic mass is 35.5. The maximum atomic E-state index is 13.9. The summed E-state index contributed by atoms with van der Waals surface area (Å²) >= 11 is 6.28. The maximum Gasteiger partial charge on any atom is 0.428 e. The minimum atomic E-state index is -0.367.